The molecule has 1 aromatic rings. The number of carbonyl (C=O) groups is 1. The quantitative estimate of drug-likeness (QED) is 0.888. The number of carboxylic acid groups (broad SMARTS) is 1. The molecule has 2 heterocycles. The highest BCUT2D eigenvalue weighted by Gasteiger charge is 2.29. The van der Waals surface area contributed by atoms with Crippen LogP contribution in [-0.4, -0.2) is 38.3 Å². The van der Waals surface area contributed by atoms with Crippen LogP contribution in [0.5, 0.6) is 0 Å². The van der Waals surface area contributed by atoms with Crippen molar-refractivity contribution in [1.82, 2.24) is 15.0 Å². The maximum atomic E-state index is 12.8. The highest BCUT2D eigenvalue weighted by atomic mass is 19.3. The largest absolute Gasteiger partial charge is 0.476 e. The molecule has 18 heavy (non-hydrogen) atoms. The van der Waals surface area contributed by atoms with Crippen LogP contribution in [0.15, 0.2) is 0 Å². The number of carboxylic acids is 1. The van der Waals surface area contributed by atoms with Crippen LogP contribution in [0.1, 0.15) is 42.4 Å². The number of hydrogen-bond donors (Lipinski definition) is 1. The Hall–Kier alpha value is -1.57. The zero-order chi connectivity index (χ0) is 13.3. The smallest absolute Gasteiger partial charge is 0.358 e. The molecule has 0 bridgehead atoms. The lowest BCUT2D eigenvalue weighted by molar-refractivity contribution is 0.0398. The fraction of sp³-hybridized carbons (Fsp3) is 0.700. The molecule has 100 valence electrons. The Balaban J connectivity index is 2.20. The summed E-state index contributed by atoms with van der Waals surface area (Å²) in [6, 6.07) is 0. The van der Waals surface area contributed by atoms with Crippen molar-refractivity contribution in [2.75, 3.05) is 0 Å². The Labute approximate surface area is 102 Å². The van der Waals surface area contributed by atoms with Crippen molar-refractivity contribution in [2.24, 2.45) is 0 Å². The minimum atomic E-state index is -2.93. The van der Waals surface area contributed by atoms with Crippen molar-refractivity contribution < 1.29 is 23.4 Å². The lowest BCUT2D eigenvalue weighted by atomic mass is 10.2. The predicted octanol–water partition coefficient (Wildman–Crippen LogP) is 1.48. The van der Waals surface area contributed by atoms with Gasteiger partial charge in [0.2, 0.25) is 0 Å². The summed E-state index contributed by atoms with van der Waals surface area (Å²) in [6.07, 6.45) is -1.46. The number of aromatic nitrogens is 3. The van der Waals surface area contributed by atoms with Gasteiger partial charge in [0.1, 0.15) is 5.69 Å². The first kappa shape index (κ1) is 12.9. The molecular weight excluding hydrogens is 248 g/mol. The van der Waals surface area contributed by atoms with Gasteiger partial charge in [-0.1, -0.05) is 5.21 Å². The fourth-order valence-electron chi connectivity index (χ4n) is 2.04. The van der Waals surface area contributed by atoms with E-state index >= 15 is 0 Å². The van der Waals surface area contributed by atoms with Crippen molar-refractivity contribution in [3.8, 4) is 0 Å². The molecule has 0 aliphatic carbocycles. The van der Waals surface area contributed by atoms with Crippen LogP contribution < -0.4 is 0 Å². The molecule has 2 unspecified atom stereocenters. The van der Waals surface area contributed by atoms with Gasteiger partial charge in [0.05, 0.1) is 18.8 Å². The molecule has 6 nitrogen and oxygen atoms in total. The zero-order valence-corrected chi connectivity index (χ0v) is 9.71. The summed E-state index contributed by atoms with van der Waals surface area (Å²) < 4.78 is 32.1. The average molecular weight is 261 g/mol. The van der Waals surface area contributed by atoms with Crippen molar-refractivity contribution in [2.45, 2.75) is 44.9 Å². The van der Waals surface area contributed by atoms with Crippen LogP contribution in [-0.2, 0) is 11.3 Å². The van der Waals surface area contributed by atoms with E-state index in [0.29, 0.717) is 0 Å². The first-order chi connectivity index (χ1) is 8.49. The van der Waals surface area contributed by atoms with Gasteiger partial charge in [-0.15, -0.1) is 5.10 Å². The molecule has 0 amide bonds. The van der Waals surface area contributed by atoms with Gasteiger partial charge in [-0.05, 0) is 19.8 Å². The number of hydrogen-bond acceptors (Lipinski definition) is 4. The van der Waals surface area contributed by atoms with Crippen LogP contribution in [0.2, 0.25) is 0 Å². The van der Waals surface area contributed by atoms with Gasteiger partial charge in [0.25, 0.3) is 6.43 Å². The molecule has 1 aliphatic rings. The van der Waals surface area contributed by atoms with E-state index in [1.807, 2.05) is 6.92 Å². The van der Waals surface area contributed by atoms with Gasteiger partial charge >= 0.3 is 5.97 Å². The van der Waals surface area contributed by atoms with E-state index in [1.165, 1.54) is 0 Å². The maximum absolute atomic E-state index is 12.8. The number of ether oxygens (including phenoxy) is 1. The van der Waals surface area contributed by atoms with E-state index in [4.69, 9.17) is 9.84 Å². The third-order valence-electron chi connectivity index (χ3n) is 2.88. The summed E-state index contributed by atoms with van der Waals surface area (Å²) in [5, 5.41) is 15.5. The van der Waals surface area contributed by atoms with E-state index in [9.17, 15) is 13.6 Å². The molecular formula is C10H13F2N3O3. The topological polar surface area (TPSA) is 77.2 Å². The highest BCUT2D eigenvalue weighted by molar-refractivity contribution is 5.86. The number of aromatic carboxylic acids is 1. The van der Waals surface area contributed by atoms with E-state index in [1.54, 1.807) is 0 Å². The van der Waals surface area contributed by atoms with E-state index in [-0.39, 0.29) is 18.8 Å². The minimum absolute atomic E-state index is 0.0902. The third kappa shape index (κ3) is 2.47. The lowest BCUT2D eigenvalue weighted by Crippen LogP contribution is -2.20. The van der Waals surface area contributed by atoms with Gasteiger partial charge < -0.3 is 9.84 Å². The van der Waals surface area contributed by atoms with Crippen molar-refractivity contribution in [1.29, 1.82) is 0 Å². The summed E-state index contributed by atoms with van der Waals surface area (Å²) in [6.45, 7) is 2.00. The molecule has 8 heteroatoms. The molecule has 2 rings (SSSR count). The maximum Gasteiger partial charge on any atom is 0.358 e. The van der Waals surface area contributed by atoms with Crippen molar-refractivity contribution in [3.63, 3.8) is 0 Å². The molecule has 1 fully saturated rings. The van der Waals surface area contributed by atoms with Gasteiger partial charge in [0, 0.05) is 0 Å². The standard InChI is InChI=1S/C10H13F2N3O3/c1-5-2-3-6(18-5)4-15-8(9(11)12)7(10(16)17)13-14-15/h5-6,9H,2-4H2,1H3,(H,16,17). The first-order valence-corrected chi connectivity index (χ1v) is 5.59. The number of nitrogens with zero attached hydrogens (tertiary/aromatic N) is 3. The lowest BCUT2D eigenvalue weighted by Gasteiger charge is -2.12. The minimum Gasteiger partial charge on any atom is -0.476 e. The molecule has 0 spiro atoms. The molecule has 0 aromatic carbocycles. The molecule has 1 aliphatic heterocycles. The van der Waals surface area contributed by atoms with Crippen LogP contribution in [0.25, 0.3) is 0 Å². The first-order valence-electron chi connectivity index (χ1n) is 5.59. The molecule has 1 N–H and O–H groups in total. The number of halogens is 2. The highest BCUT2D eigenvalue weighted by Crippen LogP contribution is 2.25. The SMILES string of the molecule is CC1CCC(Cn2nnc(C(=O)O)c2C(F)F)O1. The van der Waals surface area contributed by atoms with Crippen LogP contribution in [0, 0.1) is 0 Å². The fourth-order valence-corrected chi connectivity index (χ4v) is 2.04. The Morgan fingerprint density at radius 1 is 1.61 bits per heavy atom. The summed E-state index contributed by atoms with van der Waals surface area (Å²) in [4.78, 5) is 10.7. The monoisotopic (exact) mass is 261 g/mol. The zero-order valence-electron chi connectivity index (χ0n) is 9.71. The normalized spacial score (nSPS) is 23.8. The second-order valence-corrected chi connectivity index (χ2v) is 4.26. The van der Waals surface area contributed by atoms with Gasteiger partial charge in [-0.3, -0.25) is 0 Å². The Kier molecular flexibility index (Phi) is 3.55. The van der Waals surface area contributed by atoms with Crippen molar-refractivity contribution in [3.05, 3.63) is 11.4 Å². The molecule has 1 aromatic heterocycles. The second-order valence-electron chi connectivity index (χ2n) is 4.26. The third-order valence-corrected chi connectivity index (χ3v) is 2.88. The molecule has 1 saturated heterocycles. The Morgan fingerprint density at radius 3 is 2.83 bits per heavy atom. The van der Waals surface area contributed by atoms with Crippen LogP contribution in [0.3, 0.4) is 0 Å². The molecule has 0 radical (unpaired) electrons. The summed E-state index contributed by atoms with van der Waals surface area (Å²) in [5.74, 6) is -1.50. The predicted molar refractivity (Wildman–Crippen MR) is 55.5 cm³/mol. The van der Waals surface area contributed by atoms with Gasteiger partial charge in [0.15, 0.2) is 5.69 Å². The summed E-state index contributed by atoms with van der Waals surface area (Å²) in [5.41, 5.74) is -1.36. The van der Waals surface area contributed by atoms with Gasteiger partial charge in [-0.25, -0.2) is 18.3 Å². The number of rotatable bonds is 4. The van der Waals surface area contributed by atoms with Crippen molar-refractivity contribution >= 4 is 5.97 Å². The second kappa shape index (κ2) is 4.97. The van der Waals surface area contributed by atoms with Crippen LogP contribution >= 0.6 is 0 Å². The summed E-state index contributed by atoms with van der Waals surface area (Å²) in [7, 11) is 0. The van der Waals surface area contributed by atoms with Crippen LogP contribution in [0.4, 0.5) is 8.78 Å². The molecule has 0 saturated carbocycles. The summed E-state index contributed by atoms with van der Waals surface area (Å²) >= 11 is 0. The van der Waals surface area contributed by atoms with Gasteiger partial charge in [-0.2, -0.15) is 0 Å². The van der Waals surface area contributed by atoms with E-state index < -0.39 is 23.8 Å². The molecule has 2 atom stereocenters. The van der Waals surface area contributed by atoms with E-state index in [0.717, 1.165) is 17.5 Å². The Morgan fingerprint density at radius 2 is 2.33 bits per heavy atom. The number of alkyl halides is 2. The van der Waals surface area contributed by atoms with E-state index in [2.05, 4.69) is 10.3 Å². The Bertz CT molecular complexity index is 450. The average Bonchev–Trinajstić information content (AvgIpc) is 2.85.